The maximum Gasteiger partial charge on any atom is 0.178 e. The van der Waals surface area contributed by atoms with E-state index in [-0.39, 0.29) is 0 Å². The van der Waals surface area contributed by atoms with E-state index < -0.39 is 0 Å². The first-order valence-corrected chi connectivity index (χ1v) is 8.28. The summed E-state index contributed by atoms with van der Waals surface area (Å²) in [6, 6.07) is 12.9. The second kappa shape index (κ2) is 4.54. The predicted octanol–water partition coefficient (Wildman–Crippen LogP) is 2.75. The summed E-state index contributed by atoms with van der Waals surface area (Å²) in [7, 11) is 0. The summed E-state index contributed by atoms with van der Waals surface area (Å²) in [4.78, 5) is 0. The highest BCUT2D eigenvalue weighted by molar-refractivity contribution is 5.47. The topological polar surface area (TPSA) is 55.1 Å². The van der Waals surface area contributed by atoms with Crippen LogP contribution in [0.4, 0.5) is 5.82 Å². The van der Waals surface area contributed by atoms with Crippen molar-refractivity contribution in [3.8, 4) is 0 Å². The number of hydrogen-bond donors (Lipinski definition) is 1. The fourth-order valence-corrected chi connectivity index (χ4v) is 4.22. The van der Waals surface area contributed by atoms with E-state index >= 15 is 0 Å². The largest absolute Gasteiger partial charge is 0.368 e. The first kappa shape index (κ1) is 13.0. The maximum atomic E-state index is 4.57. The zero-order valence-electron chi connectivity index (χ0n) is 13.2. The van der Waals surface area contributed by atoms with Crippen molar-refractivity contribution in [1.82, 2.24) is 19.8 Å². The maximum absolute atomic E-state index is 4.57. The summed E-state index contributed by atoms with van der Waals surface area (Å²) in [6.07, 6.45) is 3.83. The number of anilines is 1. The molecule has 2 aliphatic carbocycles. The molecule has 5 rings (SSSR count). The molecule has 1 aromatic carbocycles. The molecular formula is C18H19N5. The molecule has 23 heavy (non-hydrogen) atoms. The Morgan fingerprint density at radius 1 is 1.22 bits per heavy atom. The van der Waals surface area contributed by atoms with Gasteiger partial charge < -0.3 is 5.32 Å². The Kier molecular flexibility index (Phi) is 2.57. The summed E-state index contributed by atoms with van der Waals surface area (Å²) < 4.78 is 1.79. The van der Waals surface area contributed by atoms with Crippen molar-refractivity contribution in [2.45, 2.75) is 31.6 Å². The van der Waals surface area contributed by atoms with Gasteiger partial charge in [-0.15, -0.1) is 15.3 Å². The first-order chi connectivity index (χ1) is 11.3. The lowest BCUT2D eigenvalue weighted by atomic mass is 9.95. The van der Waals surface area contributed by atoms with Crippen molar-refractivity contribution in [3.05, 3.63) is 53.3 Å². The molecule has 2 aliphatic rings. The molecule has 0 radical (unpaired) electrons. The highest BCUT2D eigenvalue weighted by Gasteiger charge is 2.57. The minimum Gasteiger partial charge on any atom is -0.368 e. The molecule has 1 spiro atoms. The SMILES string of the molecule is Cc1nnc2ccc(NC[C@@H]3C[C@@]34CCc3ccccc34)nn12. The van der Waals surface area contributed by atoms with Gasteiger partial charge in [-0.25, -0.2) is 0 Å². The number of aryl methyl sites for hydroxylation is 2. The normalized spacial score (nSPS) is 25.0. The van der Waals surface area contributed by atoms with Crippen LogP contribution in [0.5, 0.6) is 0 Å². The van der Waals surface area contributed by atoms with Gasteiger partial charge in [-0.05, 0) is 55.4 Å². The van der Waals surface area contributed by atoms with Crippen LogP contribution < -0.4 is 5.32 Å². The monoisotopic (exact) mass is 305 g/mol. The lowest BCUT2D eigenvalue weighted by Gasteiger charge is -2.12. The van der Waals surface area contributed by atoms with E-state index in [9.17, 15) is 0 Å². The fourth-order valence-electron chi connectivity index (χ4n) is 4.22. The molecule has 2 aromatic heterocycles. The third kappa shape index (κ3) is 1.89. The van der Waals surface area contributed by atoms with Gasteiger partial charge in [0.05, 0.1) is 0 Å². The summed E-state index contributed by atoms with van der Waals surface area (Å²) in [6.45, 7) is 2.90. The number of fused-ring (bicyclic) bond motifs is 3. The van der Waals surface area contributed by atoms with Crippen molar-refractivity contribution in [2.75, 3.05) is 11.9 Å². The third-order valence-corrected chi connectivity index (χ3v) is 5.57. The third-order valence-electron chi connectivity index (χ3n) is 5.57. The highest BCUT2D eigenvalue weighted by atomic mass is 15.4. The molecule has 5 heteroatoms. The summed E-state index contributed by atoms with van der Waals surface area (Å²) >= 11 is 0. The van der Waals surface area contributed by atoms with Gasteiger partial charge in [-0.2, -0.15) is 4.52 Å². The van der Waals surface area contributed by atoms with Gasteiger partial charge in [0.25, 0.3) is 0 Å². The van der Waals surface area contributed by atoms with E-state index in [1.165, 1.54) is 19.3 Å². The molecular weight excluding hydrogens is 286 g/mol. The van der Waals surface area contributed by atoms with E-state index in [1.54, 1.807) is 15.6 Å². The molecule has 2 atom stereocenters. The Morgan fingerprint density at radius 2 is 2.13 bits per heavy atom. The molecule has 5 nitrogen and oxygen atoms in total. The molecule has 1 N–H and O–H groups in total. The Balaban J connectivity index is 1.33. The van der Waals surface area contributed by atoms with Gasteiger partial charge in [0.1, 0.15) is 5.82 Å². The van der Waals surface area contributed by atoms with Crippen LogP contribution in [-0.4, -0.2) is 26.4 Å². The standard InChI is InChI=1S/C18H19N5/c1-12-20-21-17-7-6-16(22-23(12)17)19-11-14-10-18(14)9-8-13-4-2-3-5-15(13)18/h2-7,14H,8-11H2,1H3,(H,19,22)/t14-,18-/m0/s1. The van der Waals surface area contributed by atoms with Gasteiger partial charge >= 0.3 is 0 Å². The lowest BCUT2D eigenvalue weighted by Crippen LogP contribution is -2.14. The van der Waals surface area contributed by atoms with Crippen LogP contribution in [0, 0.1) is 12.8 Å². The fraction of sp³-hybridized carbons (Fsp3) is 0.389. The summed E-state index contributed by atoms with van der Waals surface area (Å²) in [5.41, 5.74) is 4.36. The average molecular weight is 305 g/mol. The van der Waals surface area contributed by atoms with Crippen LogP contribution in [0.15, 0.2) is 36.4 Å². The number of aromatic nitrogens is 4. The zero-order chi connectivity index (χ0) is 15.4. The second-order valence-electron chi connectivity index (χ2n) is 6.83. The smallest absolute Gasteiger partial charge is 0.178 e. The molecule has 0 saturated heterocycles. The molecule has 0 aliphatic heterocycles. The Morgan fingerprint density at radius 3 is 3.09 bits per heavy atom. The number of hydrogen-bond acceptors (Lipinski definition) is 4. The number of nitrogens with one attached hydrogen (secondary N) is 1. The van der Waals surface area contributed by atoms with Crippen LogP contribution in [-0.2, 0) is 11.8 Å². The minimum absolute atomic E-state index is 0.431. The molecule has 1 fully saturated rings. The van der Waals surface area contributed by atoms with Crippen LogP contribution in [0.25, 0.3) is 5.65 Å². The summed E-state index contributed by atoms with van der Waals surface area (Å²) in [5.74, 6) is 2.43. The quantitative estimate of drug-likeness (QED) is 0.808. The van der Waals surface area contributed by atoms with Crippen LogP contribution in [0.3, 0.4) is 0 Å². The van der Waals surface area contributed by atoms with Gasteiger partial charge in [-0.3, -0.25) is 0 Å². The predicted molar refractivity (Wildman–Crippen MR) is 88.6 cm³/mol. The molecule has 0 bridgehead atoms. The van der Waals surface area contributed by atoms with Gasteiger partial charge in [-0.1, -0.05) is 24.3 Å². The molecule has 116 valence electrons. The van der Waals surface area contributed by atoms with Crippen molar-refractivity contribution < 1.29 is 0 Å². The van der Waals surface area contributed by atoms with Gasteiger partial charge in [0.15, 0.2) is 11.5 Å². The number of nitrogens with zero attached hydrogens (tertiary/aromatic N) is 4. The van der Waals surface area contributed by atoms with Crippen molar-refractivity contribution in [1.29, 1.82) is 0 Å². The number of benzene rings is 1. The Hall–Kier alpha value is -2.43. The Labute approximate surface area is 134 Å². The van der Waals surface area contributed by atoms with E-state index in [2.05, 4.69) is 44.9 Å². The van der Waals surface area contributed by atoms with Gasteiger partial charge in [0.2, 0.25) is 0 Å². The minimum atomic E-state index is 0.431. The highest BCUT2D eigenvalue weighted by Crippen LogP contribution is 2.61. The van der Waals surface area contributed by atoms with E-state index in [0.717, 1.165) is 23.8 Å². The average Bonchev–Trinajstić information content (AvgIpc) is 2.99. The van der Waals surface area contributed by atoms with Crippen LogP contribution >= 0.6 is 0 Å². The van der Waals surface area contributed by atoms with E-state index in [0.29, 0.717) is 11.3 Å². The lowest BCUT2D eigenvalue weighted by molar-refractivity contribution is 0.609. The Bertz CT molecular complexity index is 899. The van der Waals surface area contributed by atoms with Crippen molar-refractivity contribution >= 4 is 11.5 Å². The molecule has 0 unspecified atom stereocenters. The zero-order valence-corrected chi connectivity index (χ0v) is 13.2. The van der Waals surface area contributed by atoms with Crippen molar-refractivity contribution in [2.24, 2.45) is 5.92 Å². The molecule has 3 aromatic rings. The van der Waals surface area contributed by atoms with E-state index in [4.69, 9.17) is 0 Å². The first-order valence-electron chi connectivity index (χ1n) is 8.28. The molecule has 0 amide bonds. The van der Waals surface area contributed by atoms with E-state index in [1.807, 2.05) is 19.1 Å². The van der Waals surface area contributed by atoms with Gasteiger partial charge in [0, 0.05) is 12.0 Å². The van der Waals surface area contributed by atoms with Crippen LogP contribution in [0.1, 0.15) is 29.8 Å². The number of rotatable bonds is 3. The summed E-state index contributed by atoms with van der Waals surface area (Å²) in [5, 5.41) is 16.2. The molecule has 1 saturated carbocycles. The second-order valence-corrected chi connectivity index (χ2v) is 6.83. The van der Waals surface area contributed by atoms with Crippen molar-refractivity contribution in [3.63, 3.8) is 0 Å². The van der Waals surface area contributed by atoms with Crippen LogP contribution in [0.2, 0.25) is 0 Å². The molecule has 2 heterocycles.